The summed E-state index contributed by atoms with van der Waals surface area (Å²) in [5.41, 5.74) is 1.93. The molecule has 0 aliphatic carbocycles. The number of hydrogen-bond acceptors (Lipinski definition) is 6. The lowest BCUT2D eigenvalue weighted by Crippen LogP contribution is -2.69. The molecule has 0 radical (unpaired) electrons. The van der Waals surface area contributed by atoms with E-state index in [0.29, 0.717) is 13.2 Å². The third-order valence-corrected chi connectivity index (χ3v) is 18.2. The number of fused-ring (bicyclic) bond motifs is 1. The zero-order valence-corrected chi connectivity index (χ0v) is 28.1. The Balaban J connectivity index is 1.67. The van der Waals surface area contributed by atoms with Crippen molar-refractivity contribution in [3.05, 3.63) is 60.7 Å². The second kappa shape index (κ2) is 12.2. The van der Waals surface area contributed by atoms with E-state index in [1.54, 1.807) is 0 Å². The molecule has 4 atom stereocenters. The van der Waals surface area contributed by atoms with Crippen molar-refractivity contribution in [1.82, 2.24) is 0 Å². The lowest BCUT2D eigenvalue weighted by molar-refractivity contribution is -0.164. The monoisotopic (exact) mass is 582 g/mol. The van der Waals surface area contributed by atoms with Gasteiger partial charge in [0.2, 0.25) is 0 Å². The molecule has 0 aromatic heterocycles. The Labute approximate surface area is 245 Å². The Morgan fingerprint density at radius 1 is 0.575 bits per heavy atom. The molecule has 0 saturated carbocycles. The van der Waals surface area contributed by atoms with Crippen molar-refractivity contribution in [1.29, 1.82) is 0 Å². The highest BCUT2D eigenvalue weighted by Crippen LogP contribution is 2.39. The van der Waals surface area contributed by atoms with Crippen LogP contribution in [0.1, 0.15) is 41.5 Å². The highest BCUT2D eigenvalue weighted by molar-refractivity contribution is 6.74. The molecule has 6 nitrogen and oxygen atoms in total. The van der Waals surface area contributed by atoms with Gasteiger partial charge < -0.3 is 27.5 Å². The van der Waals surface area contributed by atoms with Crippen LogP contribution in [0.15, 0.2) is 60.7 Å². The van der Waals surface area contributed by atoms with Gasteiger partial charge >= 0.3 is 14.2 Å². The Morgan fingerprint density at radius 2 is 0.900 bits per heavy atom. The third-order valence-electron chi connectivity index (χ3n) is 9.19. The number of benzene rings is 2. The molecule has 0 spiro atoms. The number of hydrogen-bond donors (Lipinski definition) is 0. The quantitative estimate of drug-likeness (QED) is 0.390. The van der Waals surface area contributed by atoms with Gasteiger partial charge in [0.1, 0.15) is 0 Å². The fraction of sp³-hybridized carbons (Fsp3) is 0.600. The van der Waals surface area contributed by atoms with Gasteiger partial charge in [-0.3, -0.25) is 0 Å². The summed E-state index contributed by atoms with van der Waals surface area (Å²) in [7, 11) is -5.16. The van der Waals surface area contributed by atoms with E-state index >= 15 is 0 Å². The summed E-state index contributed by atoms with van der Waals surface area (Å²) in [6.07, 6.45) is -1.42. The molecular weight excluding hydrogens is 534 g/mol. The van der Waals surface area contributed by atoms with Crippen LogP contribution in [0.4, 0.5) is 0 Å². The molecule has 2 aliphatic heterocycles. The summed E-state index contributed by atoms with van der Waals surface area (Å²) < 4.78 is 40.1. The average molecular weight is 583 g/mol. The summed E-state index contributed by atoms with van der Waals surface area (Å²) in [5.74, 6) is 0. The first-order valence-electron chi connectivity index (χ1n) is 14.6. The first-order chi connectivity index (χ1) is 18.6. The third kappa shape index (κ3) is 7.21. The van der Waals surface area contributed by atoms with E-state index in [-0.39, 0.29) is 34.5 Å². The van der Waals surface area contributed by atoms with E-state index in [1.807, 2.05) is 60.7 Å². The van der Waals surface area contributed by atoms with Crippen molar-refractivity contribution in [2.24, 2.45) is 0 Å². The lowest BCUT2D eigenvalue weighted by atomic mass is 9.72. The maximum absolute atomic E-state index is 6.71. The van der Waals surface area contributed by atoms with Crippen LogP contribution in [0.5, 0.6) is 0 Å². The predicted octanol–water partition coefficient (Wildman–Crippen LogP) is 5.39. The van der Waals surface area contributed by atoms with Crippen molar-refractivity contribution in [3.8, 4) is 0 Å². The number of rotatable bonds is 8. The molecule has 2 fully saturated rings. The summed E-state index contributed by atoms with van der Waals surface area (Å²) in [4.78, 5) is 0. The minimum Gasteiger partial charge on any atom is -0.414 e. The van der Waals surface area contributed by atoms with Crippen molar-refractivity contribution in [2.75, 3.05) is 13.2 Å². The molecule has 0 amide bonds. The van der Waals surface area contributed by atoms with Crippen LogP contribution in [0, 0.1) is 0 Å². The molecule has 2 saturated heterocycles. The van der Waals surface area contributed by atoms with Gasteiger partial charge in [-0.2, -0.15) is 0 Å². The first-order valence-corrected chi connectivity index (χ1v) is 20.4. The Kier molecular flexibility index (Phi) is 9.64. The molecule has 0 unspecified atom stereocenters. The summed E-state index contributed by atoms with van der Waals surface area (Å²) >= 11 is 0. The molecule has 0 bridgehead atoms. The molecular formula is C30H48B2O6Si2. The molecule has 2 heterocycles. The Morgan fingerprint density at radius 3 is 1.20 bits per heavy atom. The lowest BCUT2D eigenvalue weighted by Gasteiger charge is -2.50. The van der Waals surface area contributed by atoms with Gasteiger partial charge in [-0.05, 0) is 47.2 Å². The maximum atomic E-state index is 6.71. The van der Waals surface area contributed by atoms with Crippen molar-refractivity contribution in [2.45, 2.75) is 102 Å². The van der Waals surface area contributed by atoms with Gasteiger partial charge in [0.25, 0.3) is 0 Å². The second-order valence-electron chi connectivity index (χ2n) is 14.2. The van der Waals surface area contributed by atoms with Gasteiger partial charge in [-0.25, -0.2) is 0 Å². The van der Waals surface area contributed by atoms with Crippen LogP contribution in [-0.4, -0.2) is 68.5 Å². The van der Waals surface area contributed by atoms with E-state index in [2.05, 4.69) is 67.7 Å². The largest absolute Gasteiger partial charge is 0.494 e. The van der Waals surface area contributed by atoms with E-state index < -0.39 is 30.9 Å². The molecule has 10 heteroatoms. The van der Waals surface area contributed by atoms with Gasteiger partial charge in [0.05, 0.1) is 37.6 Å². The first kappa shape index (κ1) is 31.7. The minimum atomic E-state index is -2.03. The molecule has 0 N–H and O–H groups in total. The van der Waals surface area contributed by atoms with Crippen LogP contribution in [0.2, 0.25) is 36.3 Å². The molecule has 40 heavy (non-hydrogen) atoms. The molecule has 2 aliphatic rings. The summed E-state index contributed by atoms with van der Waals surface area (Å²) in [5, 5.41) is 0.165. The molecule has 218 valence electrons. The van der Waals surface area contributed by atoms with Crippen LogP contribution < -0.4 is 10.9 Å². The van der Waals surface area contributed by atoms with Crippen molar-refractivity contribution in [3.63, 3.8) is 0 Å². The smallest absolute Gasteiger partial charge is 0.414 e. The highest BCUT2D eigenvalue weighted by atomic mass is 28.4. The fourth-order valence-electron chi connectivity index (χ4n) is 4.39. The van der Waals surface area contributed by atoms with Gasteiger partial charge in [0.15, 0.2) is 16.6 Å². The SMILES string of the molecule is CC(C)(C)[Si](C)(C)OC[C@H]1OB(c2ccccc2)O[C@H]2[C@@H]1OB(c1ccccc1)O[C@@H]2CO[Si](C)(C)C(C)(C)C. The van der Waals surface area contributed by atoms with Gasteiger partial charge in [0, 0.05) is 0 Å². The second-order valence-corrected chi connectivity index (χ2v) is 23.8. The van der Waals surface area contributed by atoms with E-state index in [0.717, 1.165) is 10.9 Å². The van der Waals surface area contributed by atoms with E-state index in [4.69, 9.17) is 27.5 Å². The van der Waals surface area contributed by atoms with Crippen LogP contribution in [0.3, 0.4) is 0 Å². The van der Waals surface area contributed by atoms with E-state index in [1.165, 1.54) is 0 Å². The maximum Gasteiger partial charge on any atom is 0.494 e. The van der Waals surface area contributed by atoms with Gasteiger partial charge in [-0.1, -0.05) is 102 Å². The topological polar surface area (TPSA) is 55.4 Å². The molecule has 2 aromatic carbocycles. The van der Waals surface area contributed by atoms with Crippen molar-refractivity contribution >= 4 is 41.8 Å². The Hall–Kier alpha value is -1.24. The van der Waals surface area contributed by atoms with Gasteiger partial charge in [-0.15, -0.1) is 0 Å². The van der Waals surface area contributed by atoms with Crippen LogP contribution >= 0.6 is 0 Å². The fourth-order valence-corrected chi connectivity index (χ4v) is 6.42. The molecule has 2 aromatic rings. The summed E-state index contributed by atoms with van der Waals surface area (Å²) in [6, 6.07) is 20.2. The van der Waals surface area contributed by atoms with Crippen LogP contribution in [0.25, 0.3) is 0 Å². The highest BCUT2D eigenvalue weighted by Gasteiger charge is 2.54. The average Bonchev–Trinajstić information content (AvgIpc) is 2.90. The summed E-state index contributed by atoms with van der Waals surface area (Å²) in [6.45, 7) is 23.5. The predicted molar refractivity (Wildman–Crippen MR) is 169 cm³/mol. The normalized spacial score (nSPS) is 24.6. The zero-order chi connectivity index (χ0) is 29.3. The van der Waals surface area contributed by atoms with Crippen LogP contribution in [-0.2, 0) is 27.5 Å². The standard InChI is InChI=1S/C30H48B2O6Si2/c1-29(2,3)39(7,8)33-21-25-27-28(38-31(35-25)23-17-13-11-14-18-23)26(22-34-40(9,10)30(4,5)6)36-32(37-27)24-19-15-12-16-20-24/h11-20,25-28H,21-22H2,1-10H3/t25-,26-,27-,28-/m1/s1. The zero-order valence-electron chi connectivity index (χ0n) is 26.1. The van der Waals surface area contributed by atoms with Crippen molar-refractivity contribution < 1.29 is 27.5 Å². The van der Waals surface area contributed by atoms with E-state index in [9.17, 15) is 0 Å². The molecule has 4 rings (SSSR count). The Bertz CT molecular complexity index is 1000. The minimum absolute atomic E-state index is 0.0824.